The first-order valence-corrected chi connectivity index (χ1v) is 22.2. The van der Waals surface area contributed by atoms with E-state index in [1.165, 1.54) is 4.90 Å². The largest absolute Gasteiger partial charge is 0.490 e. The number of aromatic nitrogens is 1. The quantitative estimate of drug-likeness (QED) is 0.0907. The molecule has 6 N–H and O–H groups in total. The fourth-order valence-electron chi connectivity index (χ4n) is 7.44. The number of halogens is 1. The molecule has 1 aromatic heterocycles. The Hall–Kier alpha value is -4.73. The van der Waals surface area contributed by atoms with Crippen LogP contribution in [0.4, 0.5) is 4.79 Å². The van der Waals surface area contributed by atoms with Crippen LogP contribution >= 0.6 is 22.9 Å². The minimum Gasteiger partial charge on any atom is -0.490 e. The Labute approximate surface area is 367 Å². The van der Waals surface area contributed by atoms with Gasteiger partial charge in [0.25, 0.3) is 0 Å². The van der Waals surface area contributed by atoms with Crippen molar-refractivity contribution in [2.75, 3.05) is 13.2 Å². The zero-order valence-electron chi connectivity index (χ0n) is 36.3. The lowest BCUT2D eigenvalue weighted by Crippen LogP contribution is -2.58. The number of β-amino-alcohol motifs (C(OH)–C–C–N with tert-alkyl or cyclic N) is 1. The zero-order valence-corrected chi connectivity index (χ0v) is 37.8. The van der Waals surface area contributed by atoms with E-state index < -0.39 is 58.7 Å². The molecule has 2 aromatic carbocycles. The van der Waals surface area contributed by atoms with Gasteiger partial charge in [0.15, 0.2) is 0 Å². The van der Waals surface area contributed by atoms with E-state index in [2.05, 4.69) is 20.9 Å². The summed E-state index contributed by atoms with van der Waals surface area (Å²) in [4.78, 5) is 72.2. The number of rotatable bonds is 18. The van der Waals surface area contributed by atoms with Gasteiger partial charge >= 0.3 is 6.09 Å². The number of thiazole rings is 1. The molecule has 332 valence electrons. The van der Waals surface area contributed by atoms with Crippen LogP contribution in [0.5, 0.6) is 5.75 Å². The number of carbonyl (C=O) groups is 5. The molecule has 0 radical (unpaired) electrons. The van der Waals surface area contributed by atoms with Crippen LogP contribution in [0.15, 0.2) is 48.0 Å². The van der Waals surface area contributed by atoms with Gasteiger partial charge in [-0.2, -0.15) is 0 Å². The van der Waals surface area contributed by atoms with E-state index in [-0.39, 0.29) is 50.6 Å². The fourth-order valence-corrected chi connectivity index (χ4v) is 8.53. The molecular weight excluding hydrogens is 820 g/mol. The van der Waals surface area contributed by atoms with Crippen molar-refractivity contribution in [3.8, 4) is 16.2 Å². The molecule has 0 bridgehead atoms. The van der Waals surface area contributed by atoms with Gasteiger partial charge in [0.1, 0.15) is 30.0 Å². The van der Waals surface area contributed by atoms with Gasteiger partial charge in [-0.05, 0) is 94.4 Å². The Morgan fingerprint density at radius 1 is 1.02 bits per heavy atom. The average molecular weight is 882 g/mol. The number of aliphatic hydroxyl groups excluding tert-OH is 1. The Bertz CT molecular complexity index is 2040. The van der Waals surface area contributed by atoms with Gasteiger partial charge < -0.3 is 41.2 Å². The second kappa shape index (κ2) is 20.0. The molecule has 1 saturated heterocycles. The first kappa shape index (κ1) is 47.3. The van der Waals surface area contributed by atoms with Gasteiger partial charge in [0.2, 0.25) is 23.6 Å². The number of aliphatic hydroxyl groups is 1. The van der Waals surface area contributed by atoms with Crippen LogP contribution in [-0.4, -0.2) is 87.7 Å². The second-order valence-electron chi connectivity index (χ2n) is 18.3. The van der Waals surface area contributed by atoms with Crippen LogP contribution in [-0.2, 0) is 35.9 Å². The molecule has 4 atom stereocenters. The number of likely N-dealkylation sites (tertiary alicyclic amines) is 1. The van der Waals surface area contributed by atoms with Crippen molar-refractivity contribution in [2.45, 2.75) is 142 Å². The molecule has 2 aliphatic rings. The van der Waals surface area contributed by atoms with E-state index >= 15 is 0 Å². The number of ether oxygens (including phenoxy) is 2. The summed E-state index contributed by atoms with van der Waals surface area (Å²) in [5.41, 5.74) is 9.07. The predicted octanol–water partition coefficient (Wildman–Crippen LogP) is 6.32. The molecule has 2 fully saturated rings. The molecule has 2 unspecified atom stereocenters. The summed E-state index contributed by atoms with van der Waals surface area (Å²) >= 11 is 8.31. The summed E-state index contributed by atoms with van der Waals surface area (Å²) in [5.74, 6) is -1.13. The van der Waals surface area contributed by atoms with Crippen LogP contribution in [0.3, 0.4) is 0 Å². The smallest absolute Gasteiger partial charge is 0.407 e. The predicted molar refractivity (Wildman–Crippen MR) is 235 cm³/mol. The zero-order chi connectivity index (χ0) is 44.7. The van der Waals surface area contributed by atoms with Crippen molar-refractivity contribution in [3.05, 3.63) is 69.8 Å². The maximum absolute atomic E-state index is 14.2. The lowest BCUT2D eigenvalue weighted by Gasteiger charge is -2.35. The van der Waals surface area contributed by atoms with E-state index in [1.54, 1.807) is 44.2 Å². The van der Waals surface area contributed by atoms with Crippen molar-refractivity contribution >= 4 is 52.7 Å². The van der Waals surface area contributed by atoms with Gasteiger partial charge in [-0.15, -0.1) is 11.3 Å². The minimum absolute atomic E-state index is 0.00686. The van der Waals surface area contributed by atoms with Crippen LogP contribution in [0.1, 0.15) is 110 Å². The molecular formula is C45H61ClN6O8S. The first-order chi connectivity index (χ1) is 28.7. The number of hydrogen-bond donors (Lipinski definition) is 5. The highest BCUT2D eigenvalue weighted by Crippen LogP contribution is 2.46. The van der Waals surface area contributed by atoms with Crippen molar-refractivity contribution in [1.82, 2.24) is 25.8 Å². The lowest BCUT2D eigenvalue weighted by molar-refractivity contribution is -0.144. The Kier molecular flexibility index (Phi) is 15.5. The molecule has 5 rings (SSSR count). The number of nitrogens with zero attached hydrogens (tertiary/aromatic N) is 2. The van der Waals surface area contributed by atoms with Crippen molar-refractivity contribution < 1.29 is 38.6 Å². The van der Waals surface area contributed by atoms with Gasteiger partial charge in [-0.25, -0.2) is 9.78 Å². The third-order valence-corrected chi connectivity index (χ3v) is 12.3. The maximum atomic E-state index is 14.2. The van der Waals surface area contributed by atoms with Gasteiger partial charge in [0, 0.05) is 25.8 Å². The van der Waals surface area contributed by atoms with Gasteiger partial charge in [-0.3, -0.25) is 19.2 Å². The molecule has 16 heteroatoms. The molecule has 1 aliphatic carbocycles. The Balaban J connectivity index is 1.14. The number of hydrogen-bond acceptors (Lipinski definition) is 10. The number of amides is 5. The second-order valence-corrected chi connectivity index (χ2v) is 19.5. The Morgan fingerprint density at radius 2 is 1.72 bits per heavy atom. The fraction of sp³-hybridized carbons (Fsp3) is 0.556. The number of carbonyl (C=O) groups excluding carboxylic acids is 5. The highest BCUT2D eigenvalue weighted by molar-refractivity contribution is 7.13. The van der Waals surface area contributed by atoms with Crippen molar-refractivity contribution in [3.63, 3.8) is 0 Å². The number of alkyl carbamates (subject to hydrolysis) is 1. The van der Waals surface area contributed by atoms with E-state index in [0.29, 0.717) is 30.0 Å². The van der Waals surface area contributed by atoms with E-state index in [9.17, 15) is 29.1 Å². The van der Waals surface area contributed by atoms with Gasteiger partial charge in [0.05, 0.1) is 38.8 Å². The maximum Gasteiger partial charge on any atom is 0.407 e. The van der Waals surface area contributed by atoms with Crippen LogP contribution in [0.25, 0.3) is 10.4 Å². The summed E-state index contributed by atoms with van der Waals surface area (Å²) in [7, 11) is 0. The monoisotopic (exact) mass is 880 g/mol. The summed E-state index contributed by atoms with van der Waals surface area (Å²) in [5, 5.41) is 20.0. The number of aryl methyl sites for hydroxylation is 2. The molecule has 2 heterocycles. The molecule has 14 nitrogen and oxygen atoms in total. The normalized spacial score (nSPS) is 18.1. The Morgan fingerprint density at radius 3 is 2.33 bits per heavy atom. The van der Waals surface area contributed by atoms with Crippen LogP contribution < -0.4 is 26.4 Å². The van der Waals surface area contributed by atoms with Crippen LogP contribution in [0, 0.1) is 12.3 Å². The van der Waals surface area contributed by atoms with Crippen molar-refractivity contribution in [2.24, 2.45) is 11.1 Å². The summed E-state index contributed by atoms with van der Waals surface area (Å²) in [6, 6.07) is 11.2. The number of nitrogens with one attached hydrogen (secondary N) is 3. The van der Waals surface area contributed by atoms with Crippen LogP contribution in [0.2, 0.25) is 5.02 Å². The summed E-state index contributed by atoms with van der Waals surface area (Å²) in [6.45, 7) is 12.8. The first-order valence-electron chi connectivity index (χ1n) is 20.9. The highest BCUT2D eigenvalue weighted by Gasteiger charge is 2.50. The van der Waals surface area contributed by atoms with E-state index in [1.807, 2.05) is 63.5 Å². The summed E-state index contributed by atoms with van der Waals surface area (Å²) < 4.78 is 11.3. The standard InChI is InChI=1S/C45H61ClN6O8S/c1-27-38(61-26-48-27)29-15-17-30(18-16-29)45(21-22-45)51-40(56)33-23-32(53)24-52(33)41(57)39(43(2,3)4)50-36(55)14-9-8-11-28-12-10-13-34(37(28)46)59-25-31(19-20-35(47)54)49-42(58)60-44(5,6)7/h10,12-13,15-18,26,31-33,39,53H,8-9,11,14,19-25H2,1-7H3,(H2,47,54)(H,49,58)(H,50,55)(H,51,56)/t31?,32-,33+,39?/m1/s1. The van der Waals surface area contributed by atoms with E-state index in [4.69, 9.17) is 26.8 Å². The van der Waals surface area contributed by atoms with E-state index in [0.717, 1.165) is 40.1 Å². The van der Waals surface area contributed by atoms with Crippen molar-refractivity contribution in [1.29, 1.82) is 0 Å². The highest BCUT2D eigenvalue weighted by atomic mass is 35.5. The lowest BCUT2D eigenvalue weighted by atomic mass is 9.85. The molecule has 61 heavy (non-hydrogen) atoms. The average Bonchev–Trinajstić information content (AvgIpc) is 3.64. The molecule has 0 spiro atoms. The molecule has 3 aromatic rings. The number of unbranched alkanes of at least 4 members (excludes halogenated alkanes) is 1. The van der Waals surface area contributed by atoms with Gasteiger partial charge in [-0.1, -0.05) is 68.8 Å². The minimum atomic E-state index is -0.932. The molecule has 1 saturated carbocycles. The number of nitrogens with two attached hydrogens (primary N) is 1. The third-order valence-electron chi connectivity index (χ3n) is 10.9. The SMILES string of the molecule is Cc1ncsc1-c1ccc(C2(NC(=O)[C@@H]3C[C@@H](O)CN3C(=O)C(NC(=O)CCCCc3cccc(OCC(CCC(N)=O)NC(=O)OC(C)(C)C)c3Cl)C(C)(C)C)CC2)cc1. The molecule has 5 amide bonds. The number of primary amides is 1. The summed E-state index contributed by atoms with van der Waals surface area (Å²) in [6.07, 6.45) is 2.24. The number of benzene rings is 2. The third kappa shape index (κ3) is 13.1. The topological polar surface area (TPSA) is 202 Å². The molecule has 1 aliphatic heterocycles.